The molecule has 0 saturated carbocycles. The smallest absolute Gasteiger partial charge is 0.349 e. The number of hydrogen-bond donors (Lipinski definition) is 1. The minimum atomic E-state index is -1.04. The Bertz CT molecular complexity index is 1460. The number of rotatable bonds is 6. The van der Waals surface area contributed by atoms with Gasteiger partial charge in [0.1, 0.15) is 23.2 Å². The van der Waals surface area contributed by atoms with Gasteiger partial charge >= 0.3 is 5.97 Å². The molecule has 2 aromatic carbocycles. The zero-order valence-electron chi connectivity index (χ0n) is 17.5. The molecule has 0 bridgehead atoms. The van der Waals surface area contributed by atoms with E-state index in [2.05, 4.69) is 9.97 Å². The zero-order valence-corrected chi connectivity index (χ0v) is 19.0. The lowest BCUT2D eigenvalue weighted by Gasteiger charge is -2.15. The van der Waals surface area contributed by atoms with Crippen LogP contribution in [0.3, 0.4) is 0 Å². The first-order chi connectivity index (χ1) is 16.0. The van der Waals surface area contributed by atoms with E-state index in [4.69, 9.17) is 16.3 Å². The van der Waals surface area contributed by atoms with Crippen molar-refractivity contribution in [3.63, 3.8) is 0 Å². The summed E-state index contributed by atoms with van der Waals surface area (Å²) < 4.78 is 7.92. The fraction of sp³-hybridized carbons (Fsp3) is 0.0800. The number of aromatic nitrogens is 3. The minimum Gasteiger partial charge on any atom is -0.484 e. The van der Waals surface area contributed by atoms with Crippen molar-refractivity contribution >= 4 is 39.9 Å². The molecule has 1 atom stereocenters. The van der Waals surface area contributed by atoms with Gasteiger partial charge in [-0.15, -0.1) is 11.3 Å². The van der Waals surface area contributed by atoms with Crippen LogP contribution in [0.15, 0.2) is 79.4 Å². The molecule has 0 unspecified atom stereocenters. The summed E-state index contributed by atoms with van der Waals surface area (Å²) in [5, 5.41) is 11.0. The second-order valence-corrected chi connectivity index (χ2v) is 8.86. The number of benzene rings is 2. The van der Waals surface area contributed by atoms with Crippen molar-refractivity contribution in [1.29, 1.82) is 0 Å². The van der Waals surface area contributed by atoms with Crippen LogP contribution in [0.5, 0.6) is 5.75 Å². The van der Waals surface area contributed by atoms with Crippen molar-refractivity contribution in [3.8, 4) is 21.9 Å². The topological polar surface area (TPSA) is 77.2 Å². The number of carboxylic acid groups (broad SMARTS) is 1. The van der Waals surface area contributed by atoms with Crippen LogP contribution in [0.4, 0.5) is 0 Å². The highest BCUT2D eigenvalue weighted by Gasteiger charge is 2.22. The molecule has 3 aromatic heterocycles. The second kappa shape index (κ2) is 8.69. The molecule has 6 nitrogen and oxygen atoms in total. The highest BCUT2D eigenvalue weighted by Crippen LogP contribution is 2.37. The SMILES string of the molecule is C[C@@H](Oc1cc(-n2cnc3cc(-c4ccncc4)ccc32)sc1C(=O)O)c1ccccc1Cl. The van der Waals surface area contributed by atoms with Gasteiger partial charge in [0.05, 0.1) is 11.0 Å². The van der Waals surface area contributed by atoms with Gasteiger partial charge in [0.2, 0.25) is 0 Å². The molecule has 8 heteroatoms. The highest BCUT2D eigenvalue weighted by molar-refractivity contribution is 7.16. The number of imidazole rings is 1. The molecule has 0 radical (unpaired) electrons. The number of aromatic carboxylic acids is 1. The fourth-order valence-corrected chi connectivity index (χ4v) is 4.89. The maximum Gasteiger partial charge on any atom is 0.349 e. The molecular formula is C25H18ClN3O3S. The molecule has 33 heavy (non-hydrogen) atoms. The Morgan fingerprint density at radius 3 is 2.64 bits per heavy atom. The Kier molecular flexibility index (Phi) is 5.58. The summed E-state index contributed by atoms with van der Waals surface area (Å²) in [6.45, 7) is 1.84. The molecular weight excluding hydrogens is 458 g/mol. The summed E-state index contributed by atoms with van der Waals surface area (Å²) in [6.07, 6.45) is 4.78. The molecule has 0 saturated heterocycles. The number of carbonyl (C=O) groups is 1. The fourth-order valence-electron chi connectivity index (χ4n) is 3.69. The Morgan fingerprint density at radius 2 is 1.88 bits per heavy atom. The summed E-state index contributed by atoms with van der Waals surface area (Å²) in [4.78, 5) is 20.6. The van der Waals surface area contributed by atoms with Gasteiger partial charge in [0, 0.05) is 29.0 Å². The number of hydrogen-bond acceptors (Lipinski definition) is 5. The summed E-state index contributed by atoms with van der Waals surface area (Å²) in [5.41, 5.74) is 4.55. The lowest BCUT2D eigenvalue weighted by Crippen LogP contribution is -2.06. The van der Waals surface area contributed by atoms with Gasteiger partial charge in [-0.1, -0.05) is 35.9 Å². The van der Waals surface area contributed by atoms with Gasteiger partial charge in [-0.3, -0.25) is 9.55 Å². The van der Waals surface area contributed by atoms with Gasteiger partial charge in [0.15, 0.2) is 4.88 Å². The van der Waals surface area contributed by atoms with E-state index in [9.17, 15) is 9.90 Å². The molecule has 5 rings (SSSR count). The monoisotopic (exact) mass is 475 g/mol. The van der Waals surface area contributed by atoms with E-state index in [0.29, 0.717) is 15.8 Å². The van der Waals surface area contributed by atoms with E-state index in [1.807, 2.05) is 60.0 Å². The third kappa shape index (κ3) is 4.08. The third-order valence-electron chi connectivity index (χ3n) is 5.32. The second-order valence-electron chi connectivity index (χ2n) is 7.42. The number of ether oxygens (including phenoxy) is 1. The molecule has 0 aliphatic heterocycles. The van der Waals surface area contributed by atoms with Crippen LogP contribution in [0.2, 0.25) is 5.02 Å². The van der Waals surface area contributed by atoms with Crippen LogP contribution < -0.4 is 4.74 Å². The third-order valence-corrected chi connectivity index (χ3v) is 6.77. The van der Waals surface area contributed by atoms with Crippen LogP contribution in [0, 0.1) is 0 Å². The average Bonchev–Trinajstić information content (AvgIpc) is 3.43. The maximum absolute atomic E-state index is 11.9. The van der Waals surface area contributed by atoms with Crippen LogP contribution in [0.25, 0.3) is 27.2 Å². The molecule has 0 fully saturated rings. The Balaban J connectivity index is 1.51. The quantitative estimate of drug-likeness (QED) is 0.298. The van der Waals surface area contributed by atoms with Crippen LogP contribution in [0.1, 0.15) is 28.3 Å². The van der Waals surface area contributed by atoms with Gasteiger partial charge in [-0.05, 0) is 48.4 Å². The van der Waals surface area contributed by atoms with E-state index in [1.54, 1.807) is 30.9 Å². The van der Waals surface area contributed by atoms with E-state index in [1.165, 1.54) is 0 Å². The van der Waals surface area contributed by atoms with Gasteiger partial charge in [-0.2, -0.15) is 0 Å². The number of halogens is 1. The molecule has 3 heterocycles. The average molecular weight is 476 g/mol. The Hall–Kier alpha value is -3.68. The summed E-state index contributed by atoms with van der Waals surface area (Å²) >= 11 is 7.43. The number of carboxylic acids is 1. The lowest BCUT2D eigenvalue weighted by molar-refractivity contribution is 0.0696. The minimum absolute atomic E-state index is 0.124. The first-order valence-electron chi connectivity index (χ1n) is 10.2. The van der Waals surface area contributed by atoms with Crippen molar-refractivity contribution in [3.05, 3.63) is 94.8 Å². The van der Waals surface area contributed by atoms with E-state index >= 15 is 0 Å². The molecule has 0 amide bonds. The number of pyridine rings is 1. The molecule has 0 aliphatic rings. The normalized spacial score (nSPS) is 12.1. The van der Waals surface area contributed by atoms with Gasteiger partial charge < -0.3 is 9.84 Å². The number of nitrogens with zero attached hydrogens (tertiary/aromatic N) is 3. The number of fused-ring (bicyclic) bond motifs is 1. The van der Waals surface area contributed by atoms with Crippen molar-refractivity contribution in [2.24, 2.45) is 0 Å². The van der Waals surface area contributed by atoms with Crippen LogP contribution in [-0.2, 0) is 0 Å². The molecule has 1 N–H and O–H groups in total. The van der Waals surface area contributed by atoms with E-state index < -0.39 is 12.1 Å². The van der Waals surface area contributed by atoms with Crippen LogP contribution >= 0.6 is 22.9 Å². The lowest BCUT2D eigenvalue weighted by atomic mass is 10.1. The van der Waals surface area contributed by atoms with Crippen molar-refractivity contribution in [2.75, 3.05) is 0 Å². The molecule has 5 aromatic rings. The zero-order chi connectivity index (χ0) is 22.9. The number of thiophene rings is 1. The molecule has 0 aliphatic carbocycles. The summed E-state index contributed by atoms with van der Waals surface area (Å²) in [7, 11) is 0. The molecule has 164 valence electrons. The van der Waals surface area contributed by atoms with E-state index in [0.717, 1.165) is 39.1 Å². The van der Waals surface area contributed by atoms with Crippen molar-refractivity contribution in [1.82, 2.24) is 14.5 Å². The summed E-state index contributed by atoms with van der Waals surface area (Å²) in [6, 6.07) is 19.0. The van der Waals surface area contributed by atoms with Crippen LogP contribution in [-0.4, -0.2) is 25.6 Å². The maximum atomic E-state index is 11.9. The predicted octanol–water partition coefficient (Wildman–Crippen LogP) is 6.64. The predicted molar refractivity (Wildman–Crippen MR) is 130 cm³/mol. The molecule has 0 spiro atoms. The van der Waals surface area contributed by atoms with Gasteiger partial charge in [-0.25, -0.2) is 9.78 Å². The Morgan fingerprint density at radius 1 is 1.09 bits per heavy atom. The van der Waals surface area contributed by atoms with Gasteiger partial charge in [0.25, 0.3) is 0 Å². The van der Waals surface area contributed by atoms with Crippen molar-refractivity contribution in [2.45, 2.75) is 13.0 Å². The van der Waals surface area contributed by atoms with E-state index in [-0.39, 0.29) is 4.88 Å². The first-order valence-corrected chi connectivity index (χ1v) is 11.4. The summed E-state index contributed by atoms with van der Waals surface area (Å²) in [5.74, 6) is -0.748. The first kappa shape index (κ1) is 21.2. The largest absolute Gasteiger partial charge is 0.484 e. The standard InChI is InChI=1S/C25H18ClN3O3S/c1-15(18-4-2-3-5-19(18)26)32-22-13-23(33-24(22)25(30)31)29-14-28-20-12-17(6-7-21(20)29)16-8-10-27-11-9-16/h2-15H,1H3,(H,30,31)/t15-/m1/s1. The Labute approximate surface area is 198 Å². The van der Waals surface area contributed by atoms with Crippen molar-refractivity contribution < 1.29 is 14.6 Å². The highest BCUT2D eigenvalue weighted by atomic mass is 35.5.